The Balaban J connectivity index is 2.52. The summed E-state index contributed by atoms with van der Waals surface area (Å²) in [6.07, 6.45) is -4.14. The van der Waals surface area contributed by atoms with Crippen LogP contribution in [0.25, 0.3) is 0 Å². The highest BCUT2D eigenvalue weighted by Gasteiger charge is 2.40. The fourth-order valence-corrected chi connectivity index (χ4v) is 4.81. The SMILES string of the molecule is C[C@@H](O)[C@@H]1NC(=O)[C@H](CCC(=O)O)NC(=O)[C@@H]2CCCN2C(=O)[C@H](CC(=O)O)NC(=O)CNC(=O)[C@H](CCC(=O)O)NC(=O)C=NC1=O. The van der Waals surface area contributed by atoms with Crippen LogP contribution in [-0.2, 0) is 47.9 Å². The highest BCUT2D eigenvalue weighted by molar-refractivity contribution is 6.28. The molecule has 0 aliphatic carbocycles. The van der Waals surface area contributed by atoms with Crippen molar-refractivity contribution in [1.29, 1.82) is 0 Å². The number of carboxylic acid groups (broad SMARTS) is 3. The molecule has 0 bridgehead atoms. The zero-order chi connectivity index (χ0) is 36.1. The van der Waals surface area contributed by atoms with Gasteiger partial charge in [0.05, 0.1) is 25.3 Å². The van der Waals surface area contributed by atoms with Crippen molar-refractivity contribution in [3.8, 4) is 0 Å². The van der Waals surface area contributed by atoms with E-state index >= 15 is 0 Å². The number of nitrogens with one attached hydrogen (secondary N) is 5. The van der Waals surface area contributed by atoms with Gasteiger partial charge < -0.3 is 51.9 Å². The fraction of sp³-hybridized carbons (Fsp3) is 0.593. The van der Waals surface area contributed by atoms with E-state index in [-0.39, 0.29) is 19.4 Å². The molecular weight excluding hydrogens is 646 g/mol. The van der Waals surface area contributed by atoms with E-state index in [1.807, 2.05) is 0 Å². The summed E-state index contributed by atoms with van der Waals surface area (Å²) in [6, 6.07) is -8.03. The number of aliphatic hydroxyl groups excluding tert-OH is 1. The minimum Gasteiger partial charge on any atom is -0.481 e. The Hall–Kier alpha value is -5.47. The quantitative estimate of drug-likeness (QED) is 0.110. The molecule has 264 valence electrons. The van der Waals surface area contributed by atoms with Crippen molar-refractivity contribution in [1.82, 2.24) is 31.5 Å². The molecule has 2 rings (SSSR count). The highest BCUT2D eigenvalue weighted by Crippen LogP contribution is 2.20. The third-order valence-electron chi connectivity index (χ3n) is 7.19. The lowest BCUT2D eigenvalue weighted by Crippen LogP contribution is -2.58. The van der Waals surface area contributed by atoms with E-state index in [9.17, 15) is 58.2 Å². The summed E-state index contributed by atoms with van der Waals surface area (Å²) in [5.74, 6) is -11.9. The summed E-state index contributed by atoms with van der Waals surface area (Å²) < 4.78 is 0. The smallest absolute Gasteiger partial charge is 0.305 e. The average Bonchev–Trinajstić information content (AvgIpc) is 3.50. The van der Waals surface area contributed by atoms with Crippen molar-refractivity contribution in [3.05, 3.63) is 0 Å². The number of aliphatic hydroxyl groups is 1. The Morgan fingerprint density at radius 1 is 0.833 bits per heavy atom. The van der Waals surface area contributed by atoms with E-state index in [1.165, 1.54) is 0 Å². The van der Waals surface area contributed by atoms with Crippen molar-refractivity contribution in [2.45, 2.75) is 88.2 Å². The molecule has 21 nitrogen and oxygen atoms in total. The molecule has 0 aromatic carbocycles. The fourth-order valence-electron chi connectivity index (χ4n) is 4.81. The first-order valence-corrected chi connectivity index (χ1v) is 14.7. The maximum Gasteiger partial charge on any atom is 0.305 e. The number of rotatable bonds is 9. The summed E-state index contributed by atoms with van der Waals surface area (Å²) in [7, 11) is 0. The first kappa shape index (κ1) is 38.7. The van der Waals surface area contributed by atoms with Crippen LogP contribution in [0.15, 0.2) is 4.99 Å². The van der Waals surface area contributed by atoms with Crippen LogP contribution in [-0.4, -0.2) is 140 Å². The van der Waals surface area contributed by atoms with E-state index < -0.39 is 134 Å². The van der Waals surface area contributed by atoms with Gasteiger partial charge in [0.15, 0.2) is 0 Å². The van der Waals surface area contributed by atoms with Gasteiger partial charge in [0.25, 0.3) is 11.8 Å². The maximum atomic E-state index is 13.4. The molecule has 6 atom stereocenters. The number of fused-ring (bicyclic) bond motifs is 1. The van der Waals surface area contributed by atoms with E-state index in [1.54, 1.807) is 0 Å². The second-order valence-corrected chi connectivity index (χ2v) is 10.9. The third-order valence-corrected chi connectivity index (χ3v) is 7.19. The molecule has 0 spiro atoms. The van der Waals surface area contributed by atoms with Crippen LogP contribution < -0.4 is 26.6 Å². The van der Waals surface area contributed by atoms with Crippen LogP contribution >= 0.6 is 0 Å². The van der Waals surface area contributed by atoms with Crippen LogP contribution in [0.2, 0.25) is 0 Å². The molecule has 48 heavy (non-hydrogen) atoms. The maximum absolute atomic E-state index is 13.4. The molecule has 2 aliphatic heterocycles. The lowest BCUT2D eigenvalue weighted by Gasteiger charge is -2.29. The lowest BCUT2D eigenvalue weighted by molar-refractivity contribution is -0.146. The van der Waals surface area contributed by atoms with Crippen LogP contribution in [0.1, 0.15) is 51.9 Å². The van der Waals surface area contributed by atoms with Gasteiger partial charge in [-0.2, -0.15) is 0 Å². The molecule has 9 N–H and O–H groups in total. The summed E-state index contributed by atoms with van der Waals surface area (Å²) in [4.78, 5) is 129. The second kappa shape index (κ2) is 18.0. The molecule has 0 unspecified atom stereocenters. The number of amides is 7. The largest absolute Gasteiger partial charge is 0.481 e. The zero-order valence-corrected chi connectivity index (χ0v) is 25.7. The minimum atomic E-state index is -1.82. The van der Waals surface area contributed by atoms with Crippen molar-refractivity contribution < 1.29 is 68.4 Å². The summed E-state index contributed by atoms with van der Waals surface area (Å²) in [6.45, 7) is 0.169. The van der Waals surface area contributed by atoms with E-state index in [0.29, 0.717) is 6.21 Å². The monoisotopic (exact) mass is 683 g/mol. The second-order valence-electron chi connectivity index (χ2n) is 10.9. The van der Waals surface area contributed by atoms with Gasteiger partial charge in [-0.05, 0) is 32.6 Å². The Labute approximate surface area is 271 Å². The van der Waals surface area contributed by atoms with E-state index in [2.05, 4.69) is 31.6 Å². The van der Waals surface area contributed by atoms with Gasteiger partial charge in [0.1, 0.15) is 30.2 Å². The van der Waals surface area contributed by atoms with Gasteiger partial charge in [-0.25, -0.2) is 4.99 Å². The van der Waals surface area contributed by atoms with Gasteiger partial charge in [0.2, 0.25) is 29.5 Å². The minimum absolute atomic E-state index is 0.0386. The molecule has 2 heterocycles. The molecule has 1 saturated heterocycles. The molecule has 0 aromatic heterocycles. The van der Waals surface area contributed by atoms with Crippen molar-refractivity contribution in [2.24, 2.45) is 4.99 Å². The Morgan fingerprint density at radius 3 is 2.00 bits per heavy atom. The van der Waals surface area contributed by atoms with Crippen molar-refractivity contribution in [2.75, 3.05) is 13.1 Å². The van der Waals surface area contributed by atoms with E-state index in [0.717, 1.165) is 11.8 Å². The number of nitrogens with zero attached hydrogens (tertiary/aromatic N) is 2. The molecule has 21 heteroatoms. The molecule has 2 aliphatic rings. The zero-order valence-electron chi connectivity index (χ0n) is 25.7. The molecule has 7 amide bonds. The first-order valence-electron chi connectivity index (χ1n) is 14.7. The highest BCUT2D eigenvalue weighted by atomic mass is 16.4. The molecule has 1 fully saturated rings. The van der Waals surface area contributed by atoms with Gasteiger partial charge >= 0.3 is 17.9 Å². The number of hydrogen-bond donors (Lipinski definition) is 9. The normalized spacial score (nSPS) is 25.8. The van der Waals surface area contributed by atoms with Crippen LogP contribution in [0.3, 0.4) is 0 Å². The predicted octanol–water partition coefficient (Wildman–Crippen LogP) is -4.77. The Bertz CT molecular complexity index is 1350. The van der Waals surface area contributed by atoms with Crippen LogP contribution in [0, 0.1) is 0 Å². The van der Waals surface area contributed by atoms with Gasteiger partial charge in [-0.15, -0.1) is 0 Å². The number of carbonyl (C=O) groups excluding carboxylic acids is 7. The summed E-state index contributed by atoms with van der Waals surface area (Å²) in [5.41, 5.74) is 0. The topological polar surface area (TPSA) is 327 Å². The van der Waals surface area contributed by atoms with Gasteiger partial charge in [0, 0.05) is 19.4 Å². The molecule has 0 saturated carbocycles. The van der Waals surface area contributed by atoms with E-state index in [4.69, 9.17) is 10.2 Å². The van der Waals surface area contributed by atoms with Crippen LogP contribution in [0.4, 0.5) is 0 Å². The molecule has 0 radical (unpaired) electrons. The lowest BCUT2D eigenvalue weighted by atomic mass is 10.1. The Kier molecular flexibility index (Phi) is 14.5. The van der Waals surface area contributed by atoms with Crippen molar-refractivity contribution >= 4 is 65.5 Å². The number of hydrogen-bond acceptors (Lipinski definition) is 11. The van der Waals surface area contributed by atoms with Crippen LogP contribution in [0.5, 0.6) is 0 Å². The number of carboxylic acids is 3. The predicted molar refractivity (Wildman–Crippen MR) is 157 cm³/mol. The average molecular weight is 684 g/mol. The molecular formula is C27H37N7O14. The van der Waals surface area contributed by atoms with Gasteiger partial charge in [-0.1, -0.05) is 0 Å². The summed E-state index contributed by atoms with van der Waals surface area (Å²) >= 11 is 0. The standard InChI is InChI=1S/C27H37N7O14/c1-12(35)22-26(47)29-11-17(36)30-13(4-6-19(38)39)23(44)28-10-18(37)31-15(9-21(42)43)27(48)34-8-2-3-16(34)25(46)32-14(24(45)33-22)5-7-20(40)41/h11-16,22,35H,2-10H2,1H3,(H,28,44)(H,30,36)(H,31,37)(H,32,46)(H,33,45)(H,38,39)(H,40,41)(H,42,43)/t12-,13+,14+,15+,16+,22+/m1/s1. The number of aliphatic imine (C=N–C) groups is 1. The first-order chi connectivity index (χ1) is 22.5. The number of aliphatic carboxylic acids is 3. The Morgan fingerprint density at radius 2 is 1.44 bits per heavy atom. The van der Waals surface area contributed by atoms with Crippen molar-refractivity contribution in [3.63, 3.8) is 0 Å². The molecule has 0 aromatic rings. The number of carbonyl (C=O) groups is 10. The third kappa shape index (κ3) is 12.0. The summed E-state index contributed by atoms with van der Waals surface area (Å²) in [5, 5.41) is 48.6. The van der Waals surface area contributed by atoms with Gasteiger partial charge in [-0.3, -0.25) is 47.9 Å².